The van der Waals surface area contributed by atoms with Gasteiger partial charge in [-0.1, -0.05) is 0 Å². The molecule has 0 amide bonds. The highest BCUT2D eigenvalue weighted by Crippen LogP contribution is 2.28. The molecule has 19 heavy (non-hydrogen) atoms. The zero-order valence-corrected chi connectivity index (χ0v) is 10.6. The van der Waals surface area contributed by atoms with Crippen molar-refractivity contribution in [1.82, 2.24) is 9.97 Å². The van der Waals surface area contributed by atoms with Gasteiger partial charge in [-0.15, -0.1) is 0 Å². The van der Waals surface area contributed by atoms with Crippen LogP contribution in [0, 0.1) is 0 Å². The summed E-state index contributed by atoms with van der Waals surface area (Å²) in [5.74, 6) is 3.74. The van der Waals surface area contributed by atoms with Crippen molar-refractivity contribution in [3.05, 3.63) is 11.9 Å². The number of anilines is 2. The minimum absolute atomic E-state index is 0.0301. The summed E-state index contributed by atoms with van der Waals surface area (Å²) in [6.45, 7) is 4.47. The van der Waals surface area contributed by atoms with E-state index in [1.54, 1.807) is 6.92 Å². The predicted octanol–water partition coefficient (Wildman–Crippen LogP) is 1.62. The molecule has 108 valence electrons. The number of hydrogen-bond acceptors (Lipinski definition) is 6. The van der Waals surface area contributed by atoms with Crippen molar-refractivity contribution in [3.63, 3.8) is 0 Å². The highest BCUT2D eigenvalue weighted by atomic mass is 19.4. The zero-order chi connectivity index (χ0) is 14.5. The van der Waals surface area contributed by atoms with E-state index in [0.717, 1.165) is 0 Å². The van der Waals surface area contributed by atoms with Gasteiger partial charge in [-0.3, -0.25) is 0 Å². The lowest BCUT2D eigenvalue weighted by Gasteiger charge is -2.16. The van der Waals surface area contributed by atoms with Gasteiger partial charge in [0, 0.05) is 18.7 Å². The average Bonchev–Trinajstić information content (AvgIpc) is 2.34. The van der Waals surface area contributed by atoms with Crippen LogP contribution in [0.15, 0.2) is 6.07 Å². The highest BCUT2D eigenvalue weighted by molar-refractivity contribution is 5.47. The molecule has 1 aromatic heterocycles. The summed E-state index contributed by atoms with van der Waals surface area (Å²) in [5.41, 5.74) is 2.07. The Hall–Kier alpha value is -1.61. The van der Waals surface area contributed by atoms with Gasteiger partial charge in [-0.2, -0.15) is 13.2 Å². The molecule has 1 atom stereocenters. The first-order chi connectivity index (χ1) is 8.86. The van der Waals surface area contributed by atoms with Gasteiger partial charge >= 0.3 is 6.18 Å². The Morgan fingerprint density at radius 3 is 2.53 bits per heavy atom. The third kappa shape index (κ3) is 4.87. The van der Waals surface area contributed by atoms with Gasteiger partial charge in [0.2, 0.25) is 5.82 Å². The number of rotatable bonds is 6. The Labute approximate surface area is 108 Å². The van der Waals surface area contributed by atoms with E-state index < -0.39 is 12.0 Å². The Kier molecular flexibility index (Phi) is 5.31. The van der Waals surface area contributed by atoms with Crippen LogP contribution in [0.2, 0.25) is 0 Å². The minimum atomic E-state index is -4.63. The Bertz CT molecular complexity index is 413. The number of ether oxygens (including phenoxy) is 1. The molecule has 0 aliphatic carbocycles. The normalized spacial score (nSPS) is 13.2. The molecule has 0 bridgehead atoms. The van der Waals surface area contributed by atoms with E-state index in [9.17, 15) is 13.2 Å². The van der Waals surface area contributed by atoms with Crippen molar-refractivity contribution >= 4 is 11.6 Å². The number of alkyl halides is 3. The molecular formula is C10H16F3N5O. The van der Waals surface area contributed by atoms with Gasteiger partial charge in [0.25, 0.3) is 0 Å². The van der Waals surface area contributed by atoms with Crippen LogP contribution >= 0.6 is 0 Å². The average molecular weight is 279 g/mol. The van der Waals surface area contributed by atoms with E-state index in [2.05, 4.69) is 20.7 Å². The monoisotopic (exact) mass is 279 g/mol. The lowest BCUT2D eigenvalue weighted by Crippen LogP contribution is -2.24. The third-order valence-electron chi connectivity index (χ3n) is 2.09. The number of nitrogens with two attached hydrogens (primary N) is 1. The van der Waals surface area contributed by atoms with Crippen molar-refractivity contribution in [2.45, 2.75) is 26.1 Å². The minimum Gasteiger partial charge on any atom is -0.380 e. The van der Waals surface area contributed by atoms with E-state index in [-0.39, 0.29) is 17.7 Å². The van der Waals surface area contributed by atoms with Crippen LogP contribution in [0.25, 0.3) is 0 Å². The van der Waals surface area contributed by atoms with Gasteiger partial charge in [0.15, 0.2) is 0 Å². The molecule has 6 nitrogen and oxygen atoms in total. The second kappa shape index (κ2) is 6.53. The fraction of sp³-hybridized carbons (Fsp3) is 0.600. The van der Waals surface area contributed by atoms with E-state index in [1.807, 2.05) is 6.92 Å². The van der Waals surface area contributed by atoms with Crippen LogP contribution in [0.1, 0.15) is 19.7 Å². The number of nitrogens with one attached hydrogen (secondary N) is 2. The van der Waals surface area contributed by atoms with Gasteiger partial charge in [-0.05, 0) is 13.8 Å². The van der Waals surface area contributed by atoms with E-state index in [4.69, 9.17) is 10.6 Å². The van der Waals surface area contributed by atoms with E-state index >= 15 is 0 Å². The fourth-order valence-electron chi connectivity index (χ4n) is 1.31. The van der Waals surface area contributed by atoms with Crippen molar-refractivity contribution < 1.29 is 17.9 Å². The Morgan fingerprint density at radius 1 is 1.37 bits per heavy atom. The summed E-state index contributed by atoms with van der Waals surface area (Å²) in [7, 11) is 0. The number of aromatic nitrogens is 2. The molecule has 0 aliphatic rings. The van der Waals surface area contributed by atoms with Crippen LogP contribution in [-0.2, 0) is 10.9 Å². The fourth-order valence-corrected chi connectivity index (χ4v) is 1.31. The van der Waals surface area contributed by atoms with E-state index in [1.165, 1.54) is 6.07 Å². The van der Waals surface area contributed by atoms with Crippen molar-refractivity contribution in [2.75, 3.05) is 24.0 Å². The smallest absolute Gasteiger partial charge is 0.380 e. The molecule has 4 N–H and O–H groups in total. The largest absolute Gasteiger partial charge is 0.451 e. The van der Waals surface area contributed by atoms with Crippen molar-refractivity contribution in [2.24, 2.45) is 5.84 Å². The van der Waals surface area contributed by atoms with Crippen LogP contribution < -0.4 is 16.6 Å². The molecule has 9 heteroatoms. The molecule has 1 unspecified atom stereocenters. The summed E-state index contributed by atoms with van der Waals surface area (Å²) in [5, 5.41) is 2.79. The lowest BCUT2D eigenvalue weighted by molar-refractivity contribution is -0.144. The molecule has 0 aliphatic heterocycles. The van der Waals surface area contributed by atoms with Crippen LogP contribution in [0.4, 0.5) is 24.8 Å². The van der Waals surface area contributed by atoms with Gasteiger partial charge < -0.3 is 15.5 Å². The summed E-state index contributed by atoms with van der Waals surface area (Å²) < 4.78 is 42.9. The molecule has 0 radical (unpaired) electrons. The third-order valence-corrected chi connectivity index (χ3v) is 2.09. The maximum absolute atomic E-state index is 12.6. The summed E-state index contributed by atoms with van der Waals surface area (Å²) in [6.07, 6.45) is -4.63. The predicted molar refractivity (Wildman–Crippen MR) is 64.4 cm³/mol. The van der Waals surface area contributed by atoms with Gasteiger partial charge in [0.1, 0.15) is 11.6 Å². The number of halogens is 3. The molecule has 1 rings (SSSR count). The quantitative estimate of drug-likeness (QED) is 0.542. The molecule has 1 aromatic rings. The highest BCUT2D eigenvalue weighted by Gasteiger charge is 2.35. The second-order valence-corrected chi connectivity index (χ2v) is 3.81. The lowest BCUT2D eigenvalue weighted by atomic mass is 10.3. The Balaban J connectivity index is 2.88. The maximum Gasteiger partial charge on any atom is 0.451 e. The molecular weight excluding hydrogens is 263 g/mol. The molecule has 0 fully saturated rings. The summed E-state index contributed by atoms with van der Waals surface area (Å²) >= 11 is 0. The molecule has 0 spiro atoms. The van der Waals surface area contributed by atoms with E-state index in [0.29, 0.717) is 13.2 Å². The number of hydrogen-bond donors (Lipinski definition) is 3. The van der Waals surface area contributed by atoms with Crippen LogP contribution in [0.3, 0.4) is 0 Å². The first-order valence-corrected chi connectivity index (χ1v) is 5.64. The summed E-state index contributed by atoms with van der Waals surface area (Å²) in [6, 6.07) is 1.10. The van der Waals surface area contributed by atoms with Gasteiger partial charge in [-0.25, -0.2) is 15.8 Å². The first kappa shape index (κ1) is 15.4. The number of hydrazine groups is 1. The Morgan fingerprint density at radius 2 is 2.00 bits per heavy atom. The second-order valence-electron chi connectivity index (χ2n) is 3.81. The zero-order valence-electron chi connectivity index (χ0n) is 10.6. The molecule has 0 aromatic carbocycles. The molecule has 0 saturated heterocycles. The van der Waals surface area contributed by atoms with Crippen LogP contribution in [-0.4, -0.2) is 29.2 Å². The molecule has 1 heterocycles. The number of nitrogens with zero attached hydrogens (tertiary/aromatic N) is 2. The van der Waals surface area contributed by atoms with Crippen molar-refractivity contribution in [3.8, 4) is 0 Å². The summed E-state index contributed by atoms with van der Waals surface area (Å²) in [4.78, 5) is 6.65. The molecule has 0 saturated carbocycles. The standard InChI is InChI=1S/C10H16F3N5O/c1-3-19-5-6(2)15-7-4-8(18-14)17-9(16-7)10(11,12)13/h4,6H,3,5,14H2,1-2H3,(H2,15,16,17,18). The van der Waals surface area contributed by atoms with Gasteiger partial charge in [0.05, 0.1) is 6.61 Å². The van der Waals surface area contributed by atoms with Crippen LogP contribution in [0.5, 0.6) is 0 Å². The topological polar surface area (TPSA) is 85.1 Å². The maximum atomic E-state index is 12.6. The number of nitrogen functional groups attached to an aromatic ring is 1. The first-order valence-electron chi connectivity index (χ1n) is 5.64. The van der Waals surface area contributed by atoms with Crippen molar-refractivity contribution in [1.29, 1.82) is 0 Å². The SMILES string of the molecule is CCOCC(C)Nc1cc(NN)nc(C(F)(F)F)n1.